The lowest BCUT2D eigenvalue weighted by Crippen LogP contribution is -2.24. The molecule has 3 aromatic rings. The number of hydrogen-bond acceptors (Lipinski definition) is 4. The number of aryl methyl sites for hydroxylation is 1. The molecule has 0 aromatic heterocycles. The van der Waals surface area contributed by atoms with Crippen LogP contribution in [0.15, 0.2) is 95.3 Å². The van der Waals surface area contributed by atoms with Crippen molar-refractivity contribution >= 4 is 35.0 Å². The van der Waals surface area contributed by atoms with Crippen molar-refractivity contribution in [3.63, 3.8) is 0 Å². The molecular weight excluding hydrogens is 486 g/mol. The Hall–Kier alpha value is -4.71. The fourth-order valence-electron chi connectivity index (χ4n) is 6.09. The van der Waals surface area contributed by atoms with E-state index >= 15 is 0 Å². The van der Waals surface area contributed by atoms with E-state index in [9.17, 15) is 14.7 Å². The maximum atomic E-state index is 13.2. The molecule has 2 aliphatic carbocycles. The van der Waals surface area contributed by atoms with E-state index in [0.29, 0.717) is 12.1 Å². The van der Waals surface area contributed by atoms with Crippen molar-refractivity contribution in [2.75, 3.05) is 11.4 Å². The molecule has 4 aliphatic rings. The van der Waals surface area contributed by atoms with Crippen LogP contribution in [0.3, 0.4) is 0 Å². The van der Waals surface area contributed by atoms with E-state index in [1.54, 1.807) is 6.08 Å². The molecule has 3 aromatic carbocycles. The quantitative estimate of drug-likeness (QED) is 0.328. The van der Waals surface area contributed by atoms with E-state index in [0.717, 1.165) is 43.5 Å². The molecule has 1 amide bonds. The maximum absolute atomic E-state index is 13.2. The van der Waals surface area contributed by atoms with E-state index in [4.69, 9.17) is 0 Å². The number of fused-ring (bicyclic) bond motifs is 4. The van der Waals surface area contributed by atoms with Crippen LogP contribution in [-0.2, 0) is 22.4 Å². The lowest BCUT2D eigenvalue weighted by Gasteiger charge is -2.32. The highest BCUT2D eigenvalue weighted by atomic mass is 16.4. The Morgan fingerprint density at radius 1 is 0.949 bits per heavy atom. The van der Waals surface area contributed by atoms with Gasteiger partial charge in [-0.2, -0.15) is 10.1 Å². The molecule has 1 N–H and O–H groups in total. The average molecular weight is 514 g/mol. The largest absolute Gasteiger partial charge is 0.476 e. The summed E-state index contributed by atoms with van der Waals surface area (Å²) in [4.78, 5) is 27.6. The molecule has 0 unspecified atom stereocenters. The van der Waals surface area contributed by atoms with E-state index in [2.05, 4.69) is 64.6 Å². The van der Waals surface area contributed by atoms with Gasteiger partial charge in [-0.1, -0.05) is 48.6 Å². The normalized spacial score (nSPS) is 18.6. The van der Waals surface area contributed by atoms with Crippen LogP contribution in [0.5, 0.6) is 0 Å². The third-order valence-corrected chi connectivity index (χ3v) is 7.97. The predicted molar refractivity (Wildman–Crippen MR) is 153 cm³/mol. The third kappa shape index (κ3) is 4.00. The first-order valence-electron chi connectivity index (χ1n) is 13.4. The van der Waals surface area contributed by atoms with Crippen LogP contribution < -0.4 is 4.90 Å². The highest BCUT2D eigenvalue weighted by Gasteiger charge is 2.36. The number of allylic oxidation sites excluding steroid dienone is 4. The molecule has 0 radical (unpaired) electrons. The average Bonchev–Trinajstić information content (AvgIpc) is 3.50. The van der Waals surface area contributed by atoms with Crippen LogP contribution in [0, 0.1) is 0 Å². The molecule has 6 heteroatoms. The van der Waals surface area contributed by atoms with E-state index in [1.165, 1.54) is 38.5 Å². The fourth-order valence-corrected chi connectivity index (χ4v) is 6.09. The first-order chi connectivity index (χ1) is 19.1. The number of anilines is 2. The van der Waals surface area contributed by atoms with Gasteiger partial charge >= 0.3 is 5.97 Å². The molecule has 0 spiro atoms. The van der Waals surface area contributed by atoms with Gasteiger partial charge in [-0.3, -0.25) is 4.79 Å². The predicted octanol–water partition coefficient (Wildman–Crippen LogP) is 6.24. The summed E-state index contributed by atoms with van der Waals surface area (Å²) in [6, 6.07) is 21.5. The van der Waals surface area contributed by atoms with Crippen LogP contribution in [0.25, 0.3) is 17.2 Å². The summed E-state index contributed by atoms with van der Waals surface area (Å²) in [6.07, 6.45) is 11.7. The number of carbonyl (C=O) groups excluding carboxylic acids is 1. The van der Waals surface area contributed by atoms with Crippen LogP contribution in [0.2, 0.25) is 0 Å². The van der Waals surface area contributed by atoms with Gasteiger partial charge in [0.15, 0.2) is 5.71 Å². The summed E-state index contributed by atoms with van der Waals surface area (Å²) in [7, 11) is 0. The maximum Gasteiger partial charge on any atom is 0.357 e. The van der Waals surface area contributed by atoms with E-state index < -0.39 is 11.9 Å². The zero-order chi connectivity index (χ0) is 26.5. The van der Waals surface area contributed by atoms with Crippen LogP contribution in [-0.4, -0.2) is 34.2 Å². The number of carboxylic acid groups (broad SMARTS) is 1. The number of aliphatic carboxylic acids is 1. The van der Waals surface area contributed by atoms with Gasteiger partial charge in [0.2, 0.25) is 0 Å². The zero-order valence-electron chi connectivity index (χ0n) is 21.4. The summed E-state index contributed by atoms with van der Waals surface area (Å²) in [6.45, 7) is 0.931. The minimum Gasteiger partial charge on any atom is -0.476 e. The van der Waals surface area contributed by atoms with Gasteiger partial charge in [-0.15, -0.1) is 0 Å². The Morgan fingerprint density at radius 2 is 1.82 bits per heavy atom. The van der Waals surface area contributed by atoms with Crippen molar-refractivity contribution in [3.8, 4) is 11.1 Å². The van der Waals surface area contributed by atoms with Gasteiger partial charge in [0.1, 0.15) is 0 Å². The smallest absolute Gasteiger partial charge is 0.357 e. The van der Waals surface area contributed by atoms with Crippen LogP contribution >= 0.6 is 0 Å². The van der Waals surface area contributed by atoms with Crippen molar-refractivity contribution in [2.45, 2.75) is 32.1 Å². The number of rotatable bonds is 4. The second-order valence-electron chi connectivity index (χ2n) is 10.4. The first kappa shape index (κ1) is 23.4. The summed E-state index contributed by atoms with van der Waals surface area (Å²) < 4.78 is 0. The highest BCUT2D eigenvalue weighted by molar-refractivity contribution is 6.51. The molecule has 7 rings (SSSR count). The molecule has 39 heavy (non-hydrogen) atoms. The number of carboxylic acids is 1. The van der Waals surface area contributed by atoms with Gasteiger partial charge in [0, 0.05) is 23.6 Å². The minimum absolute atomic E-state index is 0.114. The van der Waals surface area contributed by atoms with Crippen molar-refractivity contribution in [1.29, 1.82) is 0 Å². The van der Waals surface area contributed by atoms with Crippen molar-refractivity contribution in [1.82, 2.24) is 5.01 Å². The van der Waals surface area contributed by atoms with Crippen molar-refractivity contribution < 1.29 is 14.7 Å². The Kier molecular flexibility index (Phi) is 5.55. The molecule has 0 bridgehead atoms. The van der Waals surface area contributed by atoms with Crippen molar-refractivity contribution in [2.24, 2.45) is 5.10 Å². The number of carbonyl (C=O) groups is 2. The van der Waals surface area contributed by atoms with E-state index in [1.807, 2.05) is 24.3 Å². The number of nitrogens with zero attached hydrogens (tertiary/aromatic N) is 3. The summed E-state index contributed by atoms with van der Waals surface area (Å²) >= 11 is 0. The number of hydrazone groups is 1. The van der Waals surface area contributed by atoms with E-state index in [-0.39, 0.29) is 11.3 Å². The Labute approximate surface area is 226 Å². The standard InChI is InChI=1S/C33H27N3O3/c37-32-29(31(33(38)39)34-36(32)25-9-2-1-3-10-25)18-21-12-15-30-24(17-21)8-6-16-35(30)26-14-13-23-19-22-7-4-5-11-27(22)28(23)20-26/h1-2,4-5,7,9,11-15,17-18,20H,3,6,8,10,16,19H2,(H,38,39)/b29-18-. The van der Waals surface area contributed by atoms with Gasteiger partial charge < -0.3 is 10.0 Å². The third-order valence-electron chi connectivity index (χ3n) is 7.97. The highest BCUT2D eigenvalue weighted by Crippen LogP contribution is 2.41. The van der Waals surface area contributed by atoms with Crippen molar-refractivity contribution in [3.05, 3.63) is 112 Å². The second-order valence-corrected chi connectivity index (χ2v) is 10.4. The van der Waals surface area contributed by atoms with Crippen LogP contribution in [0.4, 0.5) is 11.4 Å². The Morgan fingerprint density at radius 3 is 2.67 bits per heavy atom. The second kappa shape index (κ2) is 9.24. The monoisotopic (exact) mass is 513 g/mol. The van der Waals surface area contributed by atoms with Gasteiger partial charge in [-0.25, -0.2) is 4.79 Å². The summed E-state index contributed by atoms with van der Waals surface area (Å²) in [5.41, 5.74) is 10.3. The first-order valence-corrected chi connectivity index (χ1v) is 13.4. The molecule has 192 valence electrons. The molecule has 6 nitrogen and oxygen atoms in total. The Bertz CT molecular complexity index is 1680. The number of benzene rings is 3. The number of amides is 1. The molecule has 0 saturated heterocycles. The molecular formula is C33H27N3O3. The minimum atomic E-state index is -1.20. The molecule has 0 saturated carbocycles. The topological polar surface area (TPSA) is 73.2 Å². The lowest BCUT2D eigenvalue weighted by molar-refractivity contribution is -0.129. The molecule has 0 fully saturated rings. The van der Waals surface area contributed by atoms with Gasteiger partial charge in [-0.05, 0) is 102 Å². The Balaban J connectivity index is 1.21. The van der Waals surface area contributed by atoms with Gasteiger partial charge in [0.25, 0.3) is 5.91 Å². The summed E-state index contributed by atoms with van der Waals surface area (Å²) in [5, 5.41) is 15.2. The molecule has 2 heterocycles. The fraction of sp³-hybridized carbons (Fsp3) is 0.182. The van der Waals surface area contributed by atoms with Crippen LogP contribution in [0.1, 0.15) is 41.5 Å². The zero-order valence-corrected chi connectivity index (χ0v) is 21.4. The lowest BCUT2D eigenvalue weighted by atomic mass is 9.96. The molecule has 2 aliphatic heterocycles. The molecule has 0 atom stereocenters. The summed E-state index contributed by atoms with van der Waals surface area (Å²) in [5.74, 6) is -1.60. The van der Waals surface area contributed by atoms with Gasteiger partial charge in [0.05, 0.1) is 5.57 Å². The SMILES string of the molecule is O=C(O)C1=NN(C2=CC=CCC2)C(=O)/C1=C\c1ccc2c(c1)CCCN2c1ccc2c(c1)-c1ccccc1C2. The number of hydrogen-bond donors (Lipinski definition) is 1.